The molecule has 0 amide bonds. The van der Waals surface area contributed by atoms with Gasteiger partial charge >= 0.3 is 5.97 Å². The number of rotatable bonds is 7. The standard InChI is InChI=1S/C22H31NO3/c1-3-23(4-2)17-11-12-18-26-21(24)22(25,19-13-7-5-8-14-19)20-15-9-6-10-16-20/h5,7-8,13-14,20,25H,3-4,6,9-10,15-18H2,1-2H3/i3D2,4D2,17D2,18D2. The molecule has 4 heteroatoms. The van der Waals surface area contributed by atoms with Crippen LogP contribution < -0.4 is 0 Å². The number of hydrogen-bond acceptors (Lipinski definition) is 4. The van der Waals surface area contributed by atoms with Crippen molar-refractivity contribution in [2.24, 2.45) is 5.92 Å². The number of ether oxygens (including phenoxy) is 1. The fraction of sp³-hybridized carbons (Fsp3) is 0.591. The minimum atomic E-state index is -3.03. The molecular weight excluding hydrogens is 326 g/mol. The molecule has 0 aromatic heterocycles. The summed E-state index contributed by atoms with van der Waals surface area (Å²) in [4.78, 5) is 13.4. The molecule has 1 aliphatic carbocycles. The predicted molar refractivity (Wildman–Crippen MR) is 103 cm³/mol. The quantitative estimate of drug-likeness (QED) is 0.595. The van der Waals surface area contributed by atoms with Crippen LogP contribution in [-0.2, 0) is 15.1 Å². The largest absolute Gasteiger partial charge is 0.450 e. The van der Waals surface area contributed by atoms with E-state index in [0.29, 0.717) is 12.8 Å². The van der Waals surface area contributed by atoms with Gasteiger partial charge in [0.05, 0.1) is 12.0 Å². The van der Waals surface area contributed by atoms with Crippen molar-refractivity contribution in [2.75, 3.05) is 26.0 Å². The Bertz CT molecular complexity index is 898. The first-order chi connectivity index (χ1) is 15.4. The number of aliphatic hydroxyl groups is 1. The smallest absolute Gasteiger partial charge is 0.344 e. The van der Waals surface area contributed by atoms with Crippen LogP contribution in [0.25, 0.3) is 0 Å². The summed E-state index contributed by atoms with van der Waals surface area (Å²) in [6, 6.07) is 8.12. The fourth-order valence-corrected chi connectivity index (χ4v) is 3.22. The molecule has 1 atom stereocenters. The molecule has 1 aromatic carbocycles. The van der Waals surface area contributed by atoms with Gasteiger partial charge in [-0.25, -0.2) is 4.79 Å². The van der Waals surface area contributed by atoms with Gasteiger partial charge in [-0.3, -0.25) is 4.90 Å². The zero-order valence-corrected chi connectivity index (χ0v) is 15.2. The molecule has 2 rings (SSSR count). The second kappa shape index (κ2) is 10.4. The van der Waals surface area contributed by atoms with Gasteiger partial charge in [0.25, 0.3) is 0 Å². The fourth-order valence-electron chi connectivity index (χ4n) is 3.22. The SMILES string of the molecule is [2H]C([2H])(C#CC([2H])([2H])N(C([2H])([2H])C)C([2H])([2H])C)OC(=O)C(O)(c1ccccc1)C1CCCCC1. The average molecular weight is 366 g/mol. The highest BCUT2D eigenvalue weighted by Gasteiger charge is 2.46. The van der Waals surface area contributed by atoms with Crippen LogP contribution in [0, 0.1) is 17.8 Å². The Morgan fingerprint density at radius 3 is 2.50 bits per heavy atom. The maximum atomic E-state index is 13.2. The van der Waals surface area contributed by atoms with E-state index in [1.165, 1.54) is 0 Å². The Balaban J connectivity index is 2.37. The van der Waals surface area contributed by atoms with Crippen molar-refractivity contribution in [2.45, 2.75) is 51.6 Å². The highest BCUT2D eigenvalue weighted by Crippen LogP contribution is 2.40. The minimum absolute atomic E-state index is 0.222. The number of benzene rings is 1. The van der Waals surface area contributed by atoms with Gasteiger partial charge in [0.1, 0.15) is 0 Å². The van der Waals surface area contributed by atoms with E-state index in [1.54, 1.807) is 30.3 Å². The first-order valence-electron chi connectivity index (χ1n) is 12.8. The van der Waals surface area contributed by atoms with Gasteiger partial charge < -0.3 is 9.84 Å². The van der Waals surface area contributed by atoms with Crippen molar-refractivity contribution >= 4 is 5.97 Å². The van der Waals surface area contributed by atoms with Crippen LogP contribution in [0.2, 0.25) is 0 Å². The van der Waals surface area contributed by atoms with E-state index in [1.807, 2.05) is 11.8 Å². The highest BCUT2D eigenvalue weighted by molar-refractivity contribution is 5.81. The van der Waals surface area contributed by atoms with Crippen molar-refractivity contribution in [3.63, 3.8) is 0 Å². The molecule has 142 valence electrons. The molecule has 0 spiro atoms. The molecule has 1 saturated carbocycles. The van der Waals surface area contributed by atoms with E-state index < -0.39 is 43.5 Å². The molecule has 0 heterocycles. The highest BCUT2D eigenvalue weighted by atomic mass is 16.5. The summed E-state index contributed by atoms with van der Waals surface area (Å²) < 4.78 is 68.2. The zero-order chi connectivity index (χ0) is 26.0. The van der Waals surface area contributed by atoms with Gasteiger partial charge in [-0.2, -0.15) is 0 Å². The maximum Gasteiger partial charge on any atom is 0.344 e. The Morgan fingerprint density at radius 2 is 1.88 bits per heavy atom. The Morgan fingerprint density at radius 1 is 1.23 bits per heavy atom. The van der Waals surface area contributed by atoms with Crippen molar-refractivity contribution in [1.82, 2.24) is 4.90 Å². The van der Waals surface area contributed by atoms with Gasteiger partial charge in [0.2, 0.25) is 0 Å². The number of nitrogens with zero attached hydrogens (tertiary/aromatic N) is 1. The number of carbonyl (C=O) groups is 1. The summed E-state index contributed by atoms with van der Waals surface area (Å²) in [5.41, 5.74) is -1.86. The molecule has 26 heavy (non-hydrogen) atoms. The van der Waals surface area contributed by atoms with E-state index in [-0.39, 0.29) is 10.5 Å². The van der Waals surface area contributed by atoms with Gasteiger partial charge in [0, 0.05) is 11.4 Å². The lowest BCUT2D eigenvalue weighted by Crippen LogP contribution is -2.45. The lowest BCUT2D eigenvalue weighted by molar-refractivity contribution is -0.174. The molecule has 4 nitrogen and oxygen atoms in total. The first-order valence-corrected chi connectivity index (χ1v) is 8.77. The van der Waals surface area contributed by atoms with Crippen molar-refractivity contribution < 1.29 is 25.6 Å². The second-order valence-corrected chi connectivity index (χ2v) is 6.10. The summed E-state index contributed by atoms with van der Waals surface area (Å²) >= 11 is 0. The third kappa shape index (κ3) is 5.09. The van der Waals surface area contributed by atoms with Crippen LogP contribution in [0.15, 0.2) is 30.3 Å². The molecule has 1 aromatic rings. The van der Waals surface area contributed by atoms with Crippen molar-refractivity contribution in [3.8, 4) is 11.8 Å². The second-order valence-electron chi connectivity index (χ2n) is 6.10. The Labute approximate surface area is 168 Å². The lowest BCUT2D eigenvalue weighted by Gasteiger charge is -2.36. The molecule has 1 fully saturated rings. The number of hydrogen-bond donors (Lipinski definition) is 1. The molecule has 0 radical (unpaired) electrons. The van der Waals surface area contributed by atoms with Crippen LogP contribution in [-0.4, -0.2) is 42.0 Å². The van der Waals surface area contributed by atoms with Crippen LogP contribution in [0.1, 0.15) is 62.5 Å². The summed E-state index contributed by atoms with van der Waals surface area (Å²) in [6.07, 6.45) is 3.65. The van der Waals surface area contributed by atoms with Gasteiger partial charge in [-0.1, -0.05) is 75.3 Å². The lowest BCUT2D eigenvalue weighted by atomic mass is 9.73. The van der Waals surface area contributed by atoms with E-state index in [0.717, 1.165) is 33.1 Å². The zero-order valence-electron chi connectivity index (χ0n) is 23.2. The van der Waals surface area contributed by atoms with Crippen molar-refractivity contribution in [3.05, 3.63) is 35.9 Å². The van der Waals surface area contributed by atoms with E-state index in [9.17, 15) is 9.90 Å². The summed E-state index contributed by atoms with van der Waals surface area (Å²) in [6.45, 7) is -9.04. The molecular formula is C22H31NO3. The van der Waals surface area contributed by atoms with Crippen LogP contribution in [0.4, 0.5) is 0 Å². The van der Waals surface area contributed by atoms with Gasteiger partial charge in [0.15, 0.2) is 12.2 Å². The molecule has 1 aliphatic rings. The molecule has 0 bridgehead atoms. The summed E-state index contributed by atoms with van der Waals surface area (Å²) in [5.74, 6) is 1.99. The van der Waals surface area contributed by atoms with Gasteiger partial charge in [-0.15, -0.1) is 0 Å². The molecule has 0 saturated heterocycles. The Kier molecular flexibility index (Phi) is 4.69. The van der Waals surface area contributed by atoms with Crippen molar-refractivity contribution in [1.29, 1.82) is 0 Å². The van der Waals surface area contributed by atoms with E-state index >= 15 is 0 Å². The normalized spacial score (nSPS) is 24.0. The number of carbonyl (C=O) groups excluding carboxylic acids is 1. The third-order valence-electron chi connectivity index (χ3n) is 4.59. The summed E-state index contributed by atoms with van der Waals surface area (Å²) in [5, 5.41) is 11.5. The molecule has 0 aliphatic heterocycles. The topological polar surface area (TPSA) is 49.8 Å². The van der Waals surface area contributed by atoms with Crippen LogP contribution >= 0.6 is 0 Å². The molecule has 1 unspecified atom stereocenters. The summed E-state index contributed by atoms with van der Waals surface area (Å²) in [7, 11) is 0. The third-order valence-corrected chi connectivity index (χ3v) is 4.59. The predicted octanol–water partition coefficient (Wildman–Crippen LogP) is 3.34. The number of esters is 1. The average Bonchev–Trinajstić information content (AvgIpc) is 2.70. The first kappa shape index (κ1) is 11.8. The minimum Gasteiger partial charge on any atom is -0.450 e. The van der Waals surface area contributed by atoms with E-state index in [2.05, 4.69) is 0 Å². The van der Waals surface area contributed by atoms with E-state index in [4.69, 9.17) is 15.7 Å². The maximum absolute atomic E-state index is 13.2. The van der Waals surface area contributed by atoms with Crippen LogP contribution in [0.3, 0.4) is 0 Å². The van der Waals surface area contributed by atoms with Crippen LogP contribution in [0.5, 0.6) is 0 Å². The van der Waals surface area contributed by atoms with Gasteiger partial charge in [-0.05, 0) is 31.4 Å². The monoisotopic (exact) mass is 365 g/mol. The Hall–Kier alpha value is -1.83. The molecule has 1 N–H and O–H groups in total.